The molecule has 10 heteroatoms. The van der Waals surface area contributed by atoms with E-state index < -0.39 is 0 Å². The highest BCUT2D eigenvalue weighted by atomic mass is 16.2. The molecule has 3 aliphatic rings. The molecule has 1 amide bonds. The van der Waals surface area contributed by atoms with E-state index in [9.17, 15) is 14.9 Å². The fourth-order valence-electron chi connectivity index (χ4n) is 5.92. The Kier molecular flexibility index (Phi) is 5.44. The van der Waals surface area contributed by atoms with E-state index >= 15 is 0 Å². The molecule has 37 heavy (non-hydrogen) atoms. The van der Waals surface area contributed by atoms with Crippen LogP contribution in [-0.4, -0.2) is 69.3 Å². The number of hydrogen-bond acceptors (Lipinski definition) is 7. The van der Waals surface area contributed by atoms with Gasteiger partial charge in [0.25, 0.3) is 5.91 Å². The lowest BCUT2D eigenvalue weighted by Gasteiger charge is -2.39. The topological polar surface area (TPSA) is 123 Å². The van der Waals surface area contributed by atoms with Gasteiger partial charge in [0.05, 0.1) is 23.2 Å². The molecule has 1 saturated heterocycles. The number of H-pyrrole nitrogens is 1. The molecule has 0 radical (unpaired) electrons. The molecule has 6 heterocycles. The van der Waals surface area contributed by atoms with Crippen molar-refractivity contribution in [3.63, 3.8) is 0 Å². The van der Waals surface area contributed by atoms with Crippen LogP contribution >= 0.6 is 0 Å². The van der Waals surface area contributed by atoms with Crippen LogP contribution in [0.15, 0.2) is 51.5 Å². The summed E-state index contributed by atoms with van der Waals surface area (Å²) in [7, 11) is 0. The number of imidazole rings is 1. The predicted molar refractivity (Wildman–Crippen MR) is 140 cm³/mol. The van der Waals surface area contributed by atoms with Crippen molar-refractivity contribution in [3.05, 3.63) is 63.4 Å². The number of carbonyl (C=O) groups is 1. The Morgan fingerprint density at radius 1 is 1.24 bits per heavy atom. The minimum absolute atomic E-state index is 0.0484. The maximum Gasteiger partial charge on any atom is 0.327 e. The van der Waals surface area contributed by atoms with E-state index in [1.807, 2.05) is 23.2 Å². The largest absolute Gasteiger partial charge is 0.356 e. The Labute approximate surface area is 214 Å². The molecular formula is C27H28N8O2. The maximum absolute atomic E-state index is 13.7. The average Bonchev–Trinajstić information content (AvgIpc) is 3.52. The Balaban J connectivity index is 1.23. The van der Waals surface area contributed by atoms with Gasteiger partial charge in [-0.05, 0) is 42.2 Å². The van der Waals surface area contributed by atoms with E-state index in [1.54, 1.807) is 16.8 Å². The first-order chi connectivity index (χ1) is 17.9. The van der Waals surface area contributed by atoms with Gasteiger partial charge in [0.1, 0.15) is 11.9 Å². The van der Waals surface area contributed by atoms with Crippen LogP contribution in [0, 0.1) is 16.7 Å². The monoisotopic (exact) mass is 496 g/mol. The number of anilines is 1. The number of hydrogen-bond donors (Lipinski definition) is 1. The molecule has 0 unspecified atom stereocenters. The number of carbonyl (C=O) groups excluding carboxylic acids is 1. The smallest absolute Gasteiger partial charge is 0.327 e. The maximum atomic E-state index is 13.7. The molecule has 3 aromatic heterocycles. The molecule has 0 aliphatic carbocycles. The zero-order chi connectivity index (χ0) is 25.7. The van der Waals surface area contributed by atoms with Crippen LogP contribution in [0.4, 0.5) is 5.82 Å². The first kappa shape index (κ1) is 23.2. The second kappa shape index (κ2) is 8.69. The second-order valence-corrected chi connectivity index (χ2v) is 10.6. The number of pyridine rings is 2. The van der Waals surface area contributed by atoms with E-state index in [0.29, 0.717) is 49.8 Å². The quantitative estimate of drug-likeness (QED) is 0.595. The summed E-state index contributed by atoms with van der Waals surface area (Å²) >= 11 is 0. The van der Waals surface area contributed by atoms with Gasteiger partial charge in [0.15, 0.2) is 5.65 Å². The Morgan fingerprint density at radius 3 is 2.84 bits per heavy atom. The summed E-state index contributed by atoms with van der Waals surface area (Å²) in [6, 6.07) is 7.69. The van der Waals surface area contributed by atoms with Crippen molar-refractivity contribution >= 4 is 29.1 Å². The zero-order valence-electron chi connectivity index (χ0n) is 20.9. The number of piperidine rings is 1. The van der Waals surface area contributed by atoms with E-state index in [1.165, 1.54) is 11.8 Å². The van der Waals surface area contributed by atoms with Gasteiger partial charge >= 0.3 is 5.69 Å². The third kappa shape index (κ3) is 3.91. The lowest BCUT2D eigenvalue weighted by atomic mass is 9.79. The number of aromatic amines is 1. The van der Waals surface area contributed by atoms with Gasteiger partial charge in [-0.2, -0.15) is 5.26 Å². The summed E-state index contributed by atoms with van der Waals surface area (Å²) in [5.74, 6) is 0.514. The number of nitrogens with zero attached hydrogens (tertiary/aromatic N) is 7. The van der Waals surface area contributed by atoms with E-state index in [4.69, 9.17) is 0 Å². The molecule has 3 aliphatic heterocycles. The number of rotatable bonds is 3. The Morgan fingerprint density at radius 2 is 2.05 bits per heavy atom. The highest BCUT2D eigenvalue weighted by Crippen LogP contribution is 2.37. The van der Waals surface area contributed by atoms with Crippen molar-refractivity contribution in [1.29, 1.82) is 5.26 Å². The summed E-state index contributed by atoms with van der Waals surface area (Å²) < 4.78 is 1.80. The predicted octanol–water partition coefficient (Wildman–Crippen LogP) is 2.70. The molecule has 10 nitrogen and oxygen atoms in total. The number of aromatic nitrogens is 4. The minimum Gasteiger partial charge on any atom is -0.356 e. The second-order valence-electron chi connectivity index (χ2n) is 10.6. The third-order valence-electron chi connectivity index (χ3n) is 7.82. The molecule has 0 bridgehead atoms. The number of fused-ring (bicyclic) bond motifs is 1. The lowest BCUT2D eigenvalue weighted by molar-refractivity contribution is 0.0706. The molecule has 0 atom stereocenters. The van der Waals surface area contributed by atoms with Gasteiger partial charge in [-0.3, -0.25) is 19.3 Å². The highest BCUT2D eigenvalue weighted by Gasteiger charge is 2.37. The molecular weight excluding hydrogens is 468 g/mol. The molecule has 188 valence electrons. The number of nitrogens with one attached hydrogen (secondary N) is 1. The summed E-state index contributed by atoms with van der Waals surface area (Å²) in [5, 5.41) is 9.73. The zero-order valence-corrected chi connectivity index (χ0v) is 20.9. The van der Waals surface area contributed by atoms with E-state index in [-0.39, 0.29) is 28.6 Å². The number of amides is 1. The highest BCUT2D eigenvalue weighted by molar-refractivity contribution is 5.98. The van der Waals surface area contributed by atoms with Gasteiger partial charge in [-0.1, -0.05) is 13.8 Å². The van der Waals surface area contributed by atoms with Gasteiger partial charge < -0.3 is 9.80 Å². The standard InChI is InChI=1S/C27H28N8O2/c1-27(2)16-34(15-18-12-29-14-21(18)27)25(36)20-10-23(31-13-17(20)11-28)33-8-5-19(6-9-33)35-22-4-3-7-30-24(22)32-26(35)37/h3-4,7,10,12-13,19H,5-6,8-9,14-16H2,1-2H3,(H,30,32,37). The minimum atomic E-state index is -0.166. The van der Waals surface area contributed by atoms with Gasteiger partial charge in [0.2, 0.25) is 0 Å². The first-order valence-electron chi connectivity index (χ1n) is 12.6. The number of nitriles is 1. The molecule has 0 aromatic carbocycles. The van der Waals surface area contributed by atoms with Gasteiger partial charge in [-0.15, -0.1) is 0 Å². The molecule has 3 aromatic rings. The summed E-state index contributed by atoms with van der Waals surface area (Å²) in [6.07, 6.45) is 6.55. The normalized spacial score (nSPS) is 19.4. The molecule has 1 fully saturated rings. The SMILES string of the molecule is CC1(C)CN(C(=O)c2cc(N3CCC(n4c(=O)[nH]c5ncccc54)CC3)ncc2C#N)CC2=C1CN=C2. The van der Waals surface area contributed by atoms with Crippen LogP contribution in [0.1, 0.15) is 48.7 Å². The van der Waals surface area contributed by atoms with Crippen LogP contribution in [0.5, 0.6) is 0 Å². The molecule has 6 rings (SSSR count). The molecule has 0 saturated carbocycles. The van der Waals surface area contributed by atoms with Crippen LogP contribution in [0.2, 0.25) is 0 Å². The van der Waals surface area contributed by atoms with Crippen molar-refractivity contribution in [1.82, 2.24) is 24.4 Å². The van der Waals surface area contributed by atoms with Crippen molar-refractivity contribution in [2.45, 2.75) is 32.7 Å². The third-order valence-corrected chi connectivity index (χ3v) is 7.82. The molecule has 1 N–H and O–H groups in total. The average molecular weight is 497 g/mol. The van der Waals surface area contributed by atoms with Crippen LogP contribution in [-0.2, 0) is 0 Å². The summed E-state index contributed by atoms with van der Waals surface area (Å²) in [4.78, 5) is 46.2. The Bertz CT molecular complexity index is 1560. The van der Waals surface area contributed by atoms with Gasteiger partial charge in [0, 0.05) is 56.2 Å². The van der Waals surface area contributed by atoms with Crippen molar-refractivity contribution < 1.29 is 4.79 Å². The lowest BCUT2D eigenvalue weighted by Crippen LogP contribution is -2.45. The Hall–Kier alpha value is -4.26. The van der Waals surface area contributed by atoms with Gasteiger partial charge in [-0.25, -0.2) is 14.8 Å². The van der Waals surface area contributed by atoms with Crippen molar-refractivity contribution in [2.75, 3.05) is 37.6 Å². The summed E-state index contributed by atoms with van der Waals surface area (Å²) in [5.41, 5.74) is 4.14. The number of aliphatic imine (C=N–C) groups is 1. The van der Waals surface area contributed by atoms with Crippen LogP contribution in [0.3, 0.4) is 0 Å². The summed E-state index contributed by atoms with van der Waals surface area (Å²) in [6.45, 7) is 7.42. The van der Waals surface area contributed by atoms with E-state index in [0.717, 1.165) is 23.9 Å². The first-order valence-corrected chi connectivity index (χ1v) is 12.6. The fraction of sp³-hybridized carbons (Fsp3) is 0.407. The molecule has 0 spiro atoms. The van der Waals surface area contributed by atoms with Crippen molar-refractivity contribution in [3.8, 4) is 6.07 Å². The van der Waals surface area contributed by atoms with Crippen LogP contribution in [0.25, 0.3) is 11.2 Å². The van der Waals surface area contributed by atoms with E-state index in [2.05, 4.69) is 44.8 Å². The van der Waals surface area contributed by atoms with Crippen molar-refractivity contribution in [2.24, 2.45) is 10.4 Å². The van der Waals surface area contributed by atoms with Crippen LogP contribution < -0.4 is 10.6 Å². The fourth-order valence-corrected chi connectivity index (χ4v) is 5.92.